The molecule has 1 aromatic heterocycles. The maximum atomic E-state index is 12.3. The molecule has 0 aromatic carbocycles. The van der Waals surface area contributed by atoms with Crippen LogP contribution in [0.25, 0.3) is 0 Å². The summed E-state index contributed by atoms with van der Waals surface area (Å²) in [6, 6.07) is 0. The van der Waals surface area contributed by atoms with Crippen molar-refractivity contribution in [1.29, 1.82) is 0 Å². The van der Waals surface area contributed by atoms with Crippen molar-refractivity contribution in [2.75, 3.05) is 25.1 Å². The zero-order valence-corrected chi connectivity index (χ0v) is 15.2. The summed E-state index contributed by atoms with van der Waals surface area (Å²) in [4.78, 5) is 18.9. The summed E-state index contributed by atoms with van der Waals surface area (Å²) in [5.41, 5.74) is -0.466. The lowest BCUT2D eigenvalue weighted by Gasteiger charge is -2.37. The normalized spacial score (nSPS) is 23.2. The number of carbonyl (C=O) groups excluding carboxylic acids is 1. The van der Waals surface area contributed by atoms with Gasteiger partial charge in [0.25, 0.3) is 0 Å². The van der Waals surface area contributed by atoms with Gasteiger partial charge in [-0.2, -0.15) is 0 Å². The van der Waals surface area contributed by atoms with Crippen LogP contribution in [0.4, 0.5) is 5.13 Å². The molecule has 21 heavy (non-hydrogen) atoms. The summed E-state index contributed by atoms with van der Waals surface area (Å²) in [5, 5.41) is 2.91. The van der Waals surface area contributed by atoms with Gasteiger partial charge in [-0.3, -0.25) is 4.79 Å². The number of methoxy groups -OCH3 is 1. The first kappa shape index (κ1) is 16.7. The molecule has 0 radical (unpaired) electrons. The Morgan fingerprint density at radius 2 is 2.24 bits per heavy atom. The summed E-state index contributed by atoms with van der Waals surface area (Å²) in [6.45, 7) is 7.09. The molecule has 0 amide bonds. The van der Waals surface area contributed by atoms with E-state index >= 15 is 0 Å². The molecular formula is C14H21BrN2O3S. The fourth-order valence-electron chi connectivity index (χ4n) is 2.37. The molecule has 1 aliphatic heterocycles. The van der Waals surface area contributed by atoms with Crippen LogP contribution in [0, 0.1) is 5.92 Å². The van der Waals surface area contributed by atoms with Gasteiger partial charge in [-0.25, -0.2) is 4.98 Å². The minimum Gasteiger partial charge on any atom is -0.460 e. The molecule has 0 saturated carbocycles. The summed E-state index contributed by atoms with van der Waals surface area (Å²) < 4.78 is 11.9. The van der Waals surface area contributed by atoms with Crippen LogP contribution in [0.2, 0.25) is 0 Å². The molecule has 5 nitrogen and oxygen atoms in total. The molecule has 1 saturated heterocycles. The predicted octanol–water partition coefficient (Wildman–Crippen LogP) is 3.09. The van der Waals surface area contributed by atoms with E-state index in [-0.39, 0.29) is 18.0 Å². The number of aromatic nitrogens is 1. The Morgan fingerprint density at radius 3 is 2.76 bits per heavy atom. The Morgan fingerprint density at radius 1 is 1.52 bits per heavy atom. The van der Waals surface area contributed by atoms with E-state index in [1.165, 1.54) is 0 Å². The van der Waals surface area contributed by atoms with Gasteiger partial charge in [-0.05, 0) is 43.1 Å². The van der Waals surface area contributed by atoms with Crippen LogP contribution in [0.1, 0.15) is 27.2 Å². The molecule has 0 unspecified atom stereocenters. The lowest BCUT2D eigenvalue weighted by molar-refractivity contribution is -0.165. The maximum Gasteiger partial charge on any atom is 0.312 e. The predicted molar refractivity (Wildman–Crippen MR) is 86.8 cm³/mol. The topological polar surface area (TPSA) is 51.7 Å². The number of nitrogens with zero attached hydrogens (tertiary/aromatic N) is 2. The molecule has 1 aliphatic rings. The number of hydrogen-bond acceptors (Lipinski definition) is 6. The van der Waals surface area contributed by atoms with Crippen LogP contribution in [0.5, 0.6) is 0 Å². The molecule has 0 bridgehead atoms. The van der Waals surface area contributed by atoms with Gasteiger partial charge in [0.15, 0.2) is 5.13 Å². The van der Waals surface area contributed by atoms with Gasteiger partial charge >= 0.3 is 5.97 Å². The highest BCUT2D eigenvalue weighted by Gasteiger charge is 2.37. The van der Waals surface area contributed by atoms with Gasteiger partial charge in [0, 0.05) is 25.6 Å². The van der Waals surface area contributed by atoms with Crippen molar-refractivity contribution >= 4 is 38.4 Å². The first-order valence-corrected chi connectivity index (χ1v) is 8.59. The fraction of sp³-hybridized carbons (Fsp3) is 0.714. The molecule has 1 aromatic rings. The third-order valence-corrected chi connectivity index (χ3v) is 4.92. The Balaban J connectivity index is 2.03. The first-order valence-electron chi connectivity index (χ1n) is 6.92. The molecule has 1 fully saturated rings. The SMILES string of the molecule is CO[C@H]1CN(c2nc(Br)cs2)CC[C@H]1C(=O)OC(C)(C)C. The highest BCUT2D eigenvalue weighted by Crippen LogP contribution is 2.30. The zero-order chi connectivity index (χ0) is 15.6. The van der Waals surface area contributed by atoms with Crippen LogP contribution in [-0.2, 0) is 14.3 Å². The van der Waals surface area contributed by atoms with E-state index in [0.717, 1.165) is 16.3 Å². The van der Waals surface area contributed by atoms with Gasteiger partial charge in [-0.1, -0.05) is 0 Å². The van der Waals surface area contributed by atoms with Gasteiger partial charge in [-0.15, -0.1) is 11.3 Å². The number of ether oxygens (including phenoxy) is 2. The Labute approximate surface area is 137 Å². The van der Waals surface area contributed by atoms with Crippen LogP contribution in [0.3, 0.4) is 0 Å². The van der Waals surface area contributed by atoms with E-state index in [0.29, 0.717) is 13.0 Å². The van der Waals surface area contributed by atoms with Gasteiger partial charge < -0.3 is 14.4 Å². The fourth-order valence-corrected chi connectivity index (χ4v) is 3.65. The Kier molecular flexibility index (Phi) is 5.27. The second-order valence-corrected chi connectivity index (χ2v) is 7.75. The lowest BCUT2D eigenvalue weighted by Crippen LogP contribution is -2.49. The molecule has 2 heterocycles. The van der Waals surface area contributed by atoms with E-state index in [2.05, 4.69) is 25.8 Å². The number of esters is 1. The monoisotopic (exact) mass is 376 g/mol. The van der Waals surface area contributed by atoms with E-state index in [1.807, 2.05) is 26.2 Å². The number of carbonyl (C=O) groups is 1. The second kappa shape index (κ2) is 6.62. The van der Waals surface area contributed by atoms with E-state index in [1.54, 1.807) is 18.4 Å². The van der Waals surface area contributed by atoms with E-state index < -0.39 is 5.60 Å². The molecule has 7 heteroatoms. The molecule has 0 aliphatic carbocycles. The van der Waals surface area contributed by atoms with Crippen LogP contribution >= 0.6 is 27.3 Å². The van der Waals surface area contributed by atoms with Crippen molar-refractivity contribution in [3.63, 3.8) is 0 Å². The van der Waals surface area contributed by atoms with E-state index in [9.17, 15) is 4.79 Å². The van der Waals surface area contributed by atoms with Crippen LogP contribution < -0.4 is 4.90 Å². The number of anilines is 1. The smallest absolute Gasteiger partial charge is 0.312 e. The third-order valence-electron chi connectivity index (χ3n) is 3.31. The molecule has 0 spiro atoms. The summed E-state index contributed by atoms with van der Waals surface area (Å²) in [6.07, 6.45) is 0.543. The molecule has 0 N–H and O–H groups in total. The Hall–Kier alpha value is -0.660. The number of piperidine rings is 1. The molecular weight excluding hydrogens is 356 g/mol. The lowest BCUT2D eigenvalue weighted by atomic mass is 9.93. The average Bonchev–Trinajstić information content (AvgIpc) is 2.82. The number of thiazole rings is 1. The van der Waals surface area contributed by atoms with Crippen LogP contribution in [0.15, 0.2) is 9.98 Å². The first-order chi connectivity index (χ1) is 9.80. The van der Waals surface area contributed by atoms with Gasteiger partial charge in [0.05, 0.1) is 12.0 Å². The summed E-state index contributed by atoms with van der Waals surface area (Å²) in [5.74, 6) is -0.386. The maximum absolute atomic E-state index is 12.3. The highest BCUT2D eigenvalue weighted by atomic mass is 79.9. The van der Waals surface area contributed by atoms with E-state index in [4.69, 9.17) is 9.47 Å². The Bertz CT molecular complexity index is 501. The zero-order valence-electron chi connectivity index (χ0n) is 12.8. The van der Waals surface area contributed by atoms with Crippen molar-refractivity contribution in [1.82, 2.24) is 4.98 Å². The molecule has 118 valence electrons. The largest absolute Gasteiger partial charge is 0.460 e. The molecule has 2 atom stereocenters. The number of rotatable bonds is 3. The minimum atomic E-state index is -0.466. The quantitative estimate of drug-likeness (QED) is 0.758. The standard InChI is InChI=1S/C14H21BrN2O3S/c1-14(2,3)20-12(18)9-5-6-17(7-10(9)19-4)13-16-11(15)8-21-13/h8-10H,5-7H2,1-4H3/t9-,10+/m1/s1. The average molecular weight is 377 g/mol. The number of hydrogen-bond donors (Lipinski definition) is 0. The molecule has 2 rings (SSSR count). The summed E-state index contributed by atoms with van der Waals surface area (Å²) in [7, 11) is 1.64. The van der Waals surface area contributed by atoms with Gasteiger partial charge in [0.1, 0.15) is 10.2 Å². The van der Waals surface area contributed by atoms with Crippen LogP contribution in [-0.4, -0.2) is 42.9 Å². The summed E-state index contributed by atoms with van der Waals surface area (Å²) >= 11 is 4.95. The van der Waals surface area contributed by atoms with Crippen molar-refractivity contribution in [2.24, 2.45) is 5.92 Å². The minimum absolute atomic E-state index is 0.170. The number of halogens is 1. The second-order valence-electron chi connectivity index (χ2n) is 6.10. The van der Waals surface area contributed by atoms with Crippen molar-refractivity contribution in [2.45, 2.75) is 38.9 Å². The third kappa shape index (κ3) is 4.40. The van der Waals surface area contributed by atoms with Crippen molar-refractivity contribution < 1.29 is 14.3 Å². The highest BCUT2D eigenvalue weighted by molar-refractivity contribution is 9.10. The van der Waals surface area contributed by atoms with Crippen molar-refractivity contribution in [3.05, 3.63) is 9.98 Å². The van der Waals surface area contributed by atoms with Crippen molar-refractivity contribution in [3.8, 4) is 0 Å². The van der Waals surface area contributed by atoms with Gasteiger partial charge in [0.2, 0.25) is 0 Å².